The molecule has 0 spiro atoms. The van der Waals surface area contributed by atoms with Crippen molar-refractivity contribution in [3.05, 3.63) is 29.3 Å². The summed E-state index contributed by atoms with van der Waals surface area (Å²) >= 11 is 0. The van der Waals surface area contributed by atoms with Crippen LogP contribution in [0, 0.1) is 0 Å². The zero-order valence-corrected chi connectivity index (χ0v) is 6.86. The summed E-state index contributed by atoms with van der Waals surface area (Å²) in [7, 11) is 0. The first-order chi connectivity index (χ1) is 5.66. The van der Waals surface area contributed by atoms with Gasteiger partial charge < -0.3 is 15.3 Å². The first-order valence-corrected chi connectivity index (χ1v) is 3.76. The highest BCUT2D eigenvalue weighted by Gasteiger charge is 2.09. The molecule has 0 fully saturated rings. The molecule has 0 aliphatic rings. The number of hydrogen-bond acceptors (Lipinski definition) is 3. The molecule has 1 atom stereocenters. The molecule has 3 N–H and O–H groups in total. The lowest BCUT2D eigenvalue weighted by Gasteiger charge is -2.09. The predicted octanol–water partition coefficient (Wildman–Crippen LogP) is 0.938. The van der Waals surface area contributed by atoms with E-state index in [2.05, 4.69) is 0 Å². The Kier molecular flexibility index (Phi) is 2.68. The molecule has 1 aromatic carbocycles. The minimum atomic E-state index is -0.712. The Labute approximate surface area is 70.9 Å². The van der Waals surface area contributed by atoms with Crippen LogP contribution in [0.3, 0.4) is 0 Å². The van der Waals surface area contributed by atoms with Gasteiger partial charge in [0.15, 0.2) is 0 Å². The summed E-state index contributed by atoms with van der Waals surface area (Å²) in [4.78, 5) is 0. The van der Waals surface area contributed by atoms with Crippen LogP contribution in [0.2, 0.25) is 0 Å². The van der Waals surface area contributed by atoms with Gasteiger partial charge in [-0.2, -0.15) is 0 Å². The van der Waals surface area contributed by atoms with E-state index in [1.807, 2.05) is 0 Å². The van der Waals surface area contributed by atoms with Crippen LogP contribution in [0.5, 0.6) is 5.75 Å². The highest BCUT2D eigenvalue weighted by molar-refractivity contribution is 5.40. The second-order valence-electron chi connectivity index (χ2n) is 2.69. The summed E-state index contributed by atoms with van der Waals surface area (Å²) < 4.78 is 0. The van der Waals surface area contributed by atoms with Crippen molar-refractivity contribution in [3.63, 3.8) is 0 Å². The molecule has 0 aromatic heterocycles. The van der Waals surface area contributed by atoms with E-state index in [1.165, 1.54) is 0 Å². The quantitative estimate of drug-likeness (QED) is 0.615. The van der Waals surface area contributed by atoms with E-state index < -0.39 is 6.10 Å². The molecule has 0 heterocycles. The smallest absolute Gasteiger partial charge is 0.126 e. The molecule has 12 heavy (non-hydrogen) atoms. The van der Waals surface area contributed by atoms with Crippen LogP contribution < -0.4 is 0 Å². The van der Waals surface area contributed by atoms with Gasteiger partial charge in [0, 0.05) is 11.1 Å². The Morgan fingerprint density at radius 2 is 2.08 bits per heavy atom. The highest BCUT2D eigenvalue weighted by Crippen LogP contribution is 2.27. The van der Waals surface area contributed by atoms with Crippen molar-refractivity contribution in [2.75, 3.05) is 0 Å². The fourth-order valence-electron chi connectivity index (χ4n) is 1.08. The number of aliphatic hydroxyl groups excluding tert-OH is 2. The van der Waals surface area contributed by atoms with E-state index in [0.717, 1.165) is 0 Å². The van der Waals surface area contributed by atoms with Crippen molar-refractivity contribution in [1.29, 1.82) is 0 Å². The van der Waals surface area contributed by atoms with Crippen LogP contribution in [0.4, 0.5) is 0 Å². The Balaban J connectivity index is 3.14. The average Bonchev–Trinajstić information content (AvgIpc) is 2.04. The second kappa shape index (κ2) is 3.56. The molecule has 66 valence electrons. The molecule has 0 amide bonds. The van der Waals surface area contributed by atoms with Gasteiger partial charge in [-0.3, -0.25) is 0 Å². The van der Waals surface area contributed by atoms with Crippen LogP contribution in [0.1, 0.15) is 24.2 Å². The van der Waals surface area contributed by atoms with Gasteiger partial charge in [0.25, 0.3) is 0 Å². The van der Waals surface area contributed by atoms with Crippen LogP contribution in [-0.2, 0) is 6.61 Å². The van der Waals surface area contributed by atoms with Crippen molar-refractivity contribution in [2.24, 2.45) is 0 Å². The van der Waals surface area contributed by atoms with E-state index in [0.29, 0.717) is 11.1 Å². The summed E-state index contributed by atoms with van der Waals surface area (Å²) in [6.07, 6.45) is -0.712. The van der Waals surface area contributed by atoms with E-state index >= 15 is 0 Å². The number of aromatic hydroxyl groups is 1. The number of hydrogen-bond donors (Lipinski definition) is 3. The molecule has 1 aromatic rings. The van der Waals surface area contributed by atoms with E-state index in [9.17, 15) is 10.2 Å². The van der Waals surface area contributed by atoms with Crippen molar-refractivity contribution in [2.45, 2.75) is 19.6 Å². The summed E-state index contributed by atoms with van der Waals surface area (Å²) in [5.74, 6) is -0.0185. The highest BCUT2D eigenvalue weighted by atomic mass is 16.3. The molecule has 0 aliphatic carbocycles. The van der Waals surface area contributed by atoms with Crippen molar-refractivity contribution >= 4 is 0 Å². The Morgan fingerprint density at radius 1 is 1.42 bits per heavy atom. The van der Waals surface area contributed by atoms with Crippen molar-refractivity contribution in [1.82, 2.24) is 0 Å². The molecular formula is C9H12O3. The van der Waals surface area contributed by atoms with Gasteiger partial charge in [0.2, 0.25) is 0 Å². The number of para-hydroxylation sites is 1. The Morgan fingerprint density at radius 3 is 2.58 bits per heavy atom. The zero-order valence-electron chi connectivity index (χ0n) is 6.86. The molecule has 3 heteroatoms. The largest absolute Gasteiger partial charge is 0.507 e. The Bertz CT molecular complexity index is 268. The molecule has 0 aliphatic heterocycles. The molecule has 1 rings (SSSR count). The number of rotatable bonds is 2. The summed E-state index contributed by atoms with van der Waals surface area (Å²) in [5, 5.41) is 27.4. The number of phenols is 1. The molecule has 3 nitrogen and oxygen atoms in total. The third-order valence-electron chi connectivity index (χ3n) is 1.77. The molecule has 0 bridgehead atoms. The predicted molar refractivity (Wildman–Crippen MR) is 44.7 cm³/mol. The van der Waals surface area contributed by atoms with E-state index in [-0.39, 0.29) is 12.4 Å². The van der Waals surface area contributed by atoms with Crippen LogP contribution in [0.25, 0.3) is 0 Å². The van der Waals surface area contributed by atoms with Gasteiger partial charge in [-0.25, -0.2) is 0 Å². The molecular weight excluding hydrogens is 156 g/mol. The minimum absolute atomic E-state index is 0.0185. The maximum absolute atomic E-state index is 9.44. The maximum Gasteiger partial charge on any atom is 0.126 e. The minimum Gasteiger partial charge on any atom is -0.507 e. The van der Waals surface area contributed by atoms with Gasteiger partial charge in [-0.05, 0) is 6.92 Å². The summed E-state index contributed by atoms with van der Waals surface area (Å²) in [6, 6.07) is 4.92. The van der Waals surface area contributed by atoms with Gasteiger partial charge >= 0.3 is 0 Å². The normalized spacial score (nSPS) is 12.9. The maximum atomic E-state index is 9.44. The molecule has 0 saturated heterocycles. The topological polar surface area (TPSA) is 60.7 Å². The van der Waals surface area contributed by atoms with Gasteiger partial charge in [-0.1, -0.05) is 18.2 Å². The SMILES string of the molecule is CC(O)c1cccc(CO)c1O. The first kappa shape index (κ1) is 9.03. The molecule has 1 unspecified atom stereocenters. The fraction of sp³-hybridized carbons (Fsp3) is 0.333. The average molecular weight is 168 g/mol. The van der Waals surface area contributed by atoms with E-state index in [1.54, 1.807) is 25.1 Å². The lowest BCUT2D eigenvalue weighted by Crippen LogP contribution is -1.94. The fourth-order valence-corrected chi connectivity index (χ4v) is 1.08. The summed E-state index contributed by atoms with van der Waals surface area (Å²) in [6.45, 7) is 1.35. The van der Waals surface area contributed by atoms with E-state index in [4.69, 9.17) is 5.11 Å². The molecule has 0 saturated carbocycles. The second-order valence-corrected chi connectivity index (χ2v) is 2.69. The Hall–Kier alpha value is -1.06. The van der Waals surface area contributed by atoms with Crippen LogP contribution in [0.15, 0.2) is 18.2 Å². The zero-order chi connectivity index (χ0) is 9.14. The summed E-state index contributed by atoms with van der Waals surface area (Å²) in [5.41, 5.74) is 0.884. The lowest BCUT2D eigenvalue weighted by molar-refractivity contribution is 0.193. The number of aliphatic hydroxyl groups is 2. The van der Waals surface area contributed by atoms with Crippen LogP contribution in [-0.4, -0.2) is 15.3 Å². The van der Waals surface area contributed by atoms with Gasteiger partial charge in [0.05, 0.1) is 12.7 Å². The van der Waals surface area contributed by atoms with Crippen molar-refractivity contribution < 1.29 is 15.3 Å². The standard InChI is InChI=1S/C9H12O3/c1-6(11)8-4-2-3-7(5-10)9(8)12/h2-4,6,10-12H,5H2,1H3. The molecule has 0 radical (unpaired) electrons. The number of benzene rings is 1. The van der Waals surface area contributed by atoms with Gasteiger partial charge in [0.1, 0.15) is 5.75 Å². The third-order valence-corrected chi connectivity index (χ3v) is 1.77. The lowest BCUT2D eigenvalue weighted by atomic mass is 10.1. The van der Waals surface area contributed by atoms with Gasteiger partial charge in [-0.15, -0.1) is 0 Å². The van der Waals surface area contributed by atoms with Crippen molar-refractivity contribution in [3.8, 4) is 5.75 Å². The first-order valence-electron chi connectivity index (χ1n) is 3.76. The monoisotopic (exact) mass is 168 g/mol. The van der Waals surface area contributed by atoms with Crippen LogP contribution >= 0.6 is 0 Å². The third kappa shape index (κ3) is 1.57.